The van der Waals surface area contributed by atoms with Crippen molar-refractivity contribution in [1.82, 2.24) is 0 Å². The number of nitrogens with two attached hydrogens (primary N) is 1. The Balaban J connectivity index is 1.53. The molecule has 10 nitrogen and oxygen atoms in total. The lowest BCUT2D eigenvalue weighted by Crippen LogP contribution is -2.27. The molecule has 196 valence electrons. The Labute approximate surface area is 219 Å². The van der Waals surface area contributed by atoms with E-state index in [-0.39, 0.29) is 23.8 Å². The second-order valence-corrected chi connectivity index (χ2v) is 8.58. The van der Waals surface area contributed by atoms with Crippen LogP contribution in [0.3, 0.4) is 0 Å². The SMILES string of the molecule is CCOc1cc([C@@H]2C(C#N)=C(N)OC3=C2C(=O)CCC3)ccc1OCC(=O)Nc1ccc(C(=O)OC)cc1. The third-order valence-corrected chi connectivity index (χ3v) is 6.15. The number of nitriles is 1. The first-order chi connectivity index (χ1) is 18.4. The van der Waals surface area contributed by atoms with Crippen LogP contribution in [0.2, 0.25) is 0 Å². The second-order valence-electron chi connectivity index (χ2n) is 8.58. The van der Waals surface area contributed by atoms with Crippen molar-refractivity contribution in [2.24, 2.45) is 5.73 Å². The van der Waals surface area contributed by atoms with E-state index >= 15 is 0 Å². The van der Waals surface area contributed by atoms with E-state index in [0.717, 1.165) is 0 Å². The fourth-order valence-corrected chi connectivity index (χ4v) is 4.43. The van der Waals surface area contributed by atoms with E-state index in [1.807, 2.05) is 0 Å². The summed E-state index contributed by atoms with van der Waals surface area (Å²) >= 11 is 0. The quantitative estimate of drug-likeness (QED) is 0.500. The molecule has 2 aliphatic rings. The number of rotatable bonds is 8. The fraction of sp³-hybridized carbons (Fsp3) is 0.286. The largest absolute Gasteiger partial charge is 0.490 e. The zero-order valence-corrected chi connectivity index (χ0v) is 21.0. The maximum Gasteiger partial charge on any atom is 0.337 e. The highest BCUT2D eigenvalue weighted by atomic mass is 16.5. The molecule has 0 aromatic heterocycles. The third kappa shape index (κ3) is 5.47. The molecule has 0 bridgehead atoms. The van der Waals surface area contributed by atoms with Crippen molar-refractivity contribution in [3.05, 3.63) is 76.4 Å². The summed E-state index contributed by atoms with van der Waals surface area (Å²) in [5.41, 5.74) is 8.11. The van der Waals surface area contributed by atoms with Crippen LogP contribution < -0.4 is 20.5 Å². The summed E-state index contributed by atoms with van der Waals surface area (Å²) < 4.78 is 21.8. The van der Waals surface area contributed by atoms with Crippen LogP contribution in [0.5, 0.6) is 11.5 Å². The Morgan fingerprint density at radius 2 is 1.89 bits per heavy atom. The minimum Gasteiger partial charge on any atom is -0.490 e. The van der Waals surface area contributed by atoms with Crippen molar-refractivity contribution >= 4 is 23.3 Å². The van der Waals surface area contributed by atoms with Gasteiger partial charge in [0.1, 0.15) is 17.4 Å². The molecule has 2 aromatic carbocycles. The number of ketones is 1. The maximum absolute atomic E-state index is 12.8. The first-order valence-electron chi connectivity index (χ1n) is 12.1. The molecule has 10 heteroatoms. The molecule has 1 amide bonds. The van der Waals surface area contributed by atoms with Gasteiger partial charge < -0.3 is 30.0 Å². The van der Waals surface area contributed by atoms with E-state index in [1.54, 1.807) is 49.4 Å². The van der Waals surface area contributed by atoms with E-state index in [4.69, 9.17) is 19.9 Å². The average Bonchev–Trinajstić information content (AvgIpc) is 2.92. The van der Waals surface area contributed by atoms with Crippen LogP contribution in [0.1, 0.15) is 48.0 Å². The minimum atomic E-state index is -0.680. The summed E-state index contributed by atoms with van der Waals surface area (Å²) in [5, 5.41) is 12.5. The standard InChI is InChI=1S/C28H27N3O7/c1-3-36-23-13-17(25-19(14-29)27(30)38-22-6-4-5-20(32)26(22)25)9-12-21(23)37-15-24(33)31-18-10-7-16(8-11-18)28(34)35-2/h7-13,25H,3-6,15,30H2,1-2H3,(H,31,33)/t25-/m1/s1. The van der Waals surface area contributed by atoms with Gasteiger partial charge in [0.15, 0.2) is 23.9 Å². The van der Waals surface area contributed by atoms with Gasteiger partial charge in [-0.2, -0.15) is 5.26 Å². The predicted octanol–water partition coefficient (Wildman–Crippen LogP) is 3.70. The van der Waals surface area contributed by atoms with Crippen LogP contribution in [-0.4, -0.2) is 38.0 Å². The van der Waals surface area contributed by atoms with E-state index < -0.39 is 17.8 Å². The van der Waals surface area contributed by atoms with Crippen molar-refractivity contribution < 1.29 is 33.3 Å². The van der Waals surface area contributed by atoms with Crippen molar-refractivity contribution in [2.45, 2.75) is 32.1 Å². The van der Waals surface area contributed by atoms with Crippen molar-refractivity contribution in [3.63, 3.8) is 0 Å². The van der Waals surface area contributed by atoms with Gasteiger partial charge in [-0.1, -0.05) is 6.07 Å². The number of allylic oxidation sites excluding steroid dienone is 3. The number of carbonyl (C=O) groups is 3. The summed E-state index contributed by atoms with van der Waals surface area (Å²) in [6.07, 6.45) is 1.60. The Morgan fingerprint density at radius 1 is 1.13 bits per heavy atom. The number of esters is 1. The Bertz CT molecular complexity index is 1370. The number of ether oxygens (including phenoxy) is 4. The highest BCUT2D eigenvalue weighted by Crippen LogP contribution is 2.45. The Kier molecular flexibility index (Phi) is 7.97. The zero-order valence-electron chi connectivity index (χ0n) is 21.0. The second kappa shape index (κ2) is 11.5. The fourth-order valence-electron chi connectivity index (χ4n) is 4.43. The lowest BCUT2D eigenvalue weighted by Gasteiger charge is -2.31. The van der Waals surface area contributed by atoms with E-state index in [1.165, 1.54) is 7.11 Å². The molecule has 38 heavy (non-hydrogen) atoms. The smallest absolute Gasteiger partial charge is 0.337 e. The number of anilines is 1. The van der Waals surface area contributed by atoms with Gasteiger partial charge in [-0.15, -0.1) is 0 Å². The molecule has 1 heterocycles. The highest BCUT2D eigenvalue weighted by molar-refractivity contribution is 5.99. The molecule has 0 fully saturated rings. The van der Waals surface area contributed by atoms with Gasteiger partial charge in [0.25, 0.3) is 5.91 Å². The van der Waals surface area contributed by atoms with Crippen molar-refractivity contribution in [1.29, 1.82) is 5.26 Å². The van der Waals surface area contributed by atoms with Gasteiger partial charge in [-0.05, 0) is 55.3 Å². The molecule has 0 radical (unpaired) electrons. The molecular weight excluding hydrogens is 490 g/mol. The highest BCUT2D eigenvalue weighted by Gasteiger charge is 2.38. The van der Waals surface area contributed by atoms with Crippen molar-refractivity contribution in [3.8, 4) is 17.6 Å². The number of Topliss-reactive ketones (excluding diaryl/α,β-unsaturated/α-hetero) is 1. The Morgan fingerprint density at radius 3 is 2.58 bits per heavy atom. The summed E-state index contributed by atoms with van der Waals surface area (Å²) in [6, 6.07) is 13.4. The third-order valence-electron chi connectivity index (χ3n) is 6.15. The number of hydrogen-bond acceptors (Lipinski definition) is 9. The molecule has 1 aliphatic heterocycles. The molecule has 0 saturated carbocycles. The molecule has 1 aliphatic carbocycles. The molecule has 3 N–H and O–H groups in total. The number of nitrogens with zero attached hydrogens (tertiary/aromatic N) is 1. The van der Waals surface area contributed by atoms with Crippen LogP contribution in [0, 0.1) is 11.3 Å². The summed E-state index contributed by atoms with van der Waals surface area (Å²) in [4.78, 5) is 36.9. The van der Waals surface area contributed by atoms with E-state index in [2.05, 4.69) is 16.1 Å². The zero-order chi connectivity index (χ0) is 27.2. The van der Waals surface area contributed by atoms with Crippen LogP contribution in [0.4, 0.5) is 5.69 Å². The molecule has 0 spiro atoms. The van der Waals surface area contributed by atoms with Gasteiger partial charge in [0, 0.05) is 24.1 Å². The number of methoxy groups -OCH3 is 1. The first kappa shape index (κ1) is 26.3. The van der Waals surface area contributed by atoms with Gasteiger partial charge >= 0.3 is 5.97 Å². The number of carbonyl (C=O) groups excluding carboxylic acids is 3. The Hall–Kier alpha value is -4.78. The molecule has 4 rings (SSSR count). The predicted molar refractivity (Wildman–Crippen MR) is 136 cm³/mol. The van der Waals surface area contributed by atoms with Gasteiger partial charge in [-0.25, -0.2) is 4.79 Å². The lowest BCUT2D eigenvalue weighted by molar-refractivity contribution is -0.118. The molecular formula is C28H27N3O7. The molecule has 0 unspecified atom stereocenters. The number of nitrogens with one attached hydrogen (secondary N) is 1. The van der Waals surface area contributed by atoms with Crippen LogP contribution in [-0.2, 0) is 19.1 Å². The summed E-state index contributed by atoms with van der Waals surface area (Å²) in [5.74, 6) is -0.493. The summed E-state index contributed by atoms with van der Waals surface area (Å²) in [6.45, 7) is 1.82. The average molecular weight is 518 g/mol. The van der Waals surface area contributed by atoms with Crippen LogP contribution in [0.15, 0.2) is 65.3 Å². The number of benzene rings is 2. The number of amides is 1. The minimum absolute atomic E-state index is 0.0134. The van der Waals surface area contributed by atoms with Crippen molar-refractivity contribution in [2.75, 3.05) is 25.6 Å². The number of hydrogen-bond donors (Lipinski definition) is 2. The first-order valence-corrected chi connectivity index (χ1v) is 12.1. The monoisotopic (exact) mass is 517 g/mol. The van der Waals surface area contributed by atoms with Crippen LogP contribution >= 0.6 is 0 Å². The van der Waals surface area contributed by atoms with Gasteiger partial charge in [0.05, 0.1) is 25.2 Å². The molecule has 1 atom stereocenters. The maximum atomic E-state index is 12.8. The van der Waals surface area contributed by atoms with E-state index in [0.29, 0.717) is 65.5 Å². The van der Waals surface area contributed by atoms with Gasteiger partial charge in [0.2, 0.25) is 5.88 Å². The summed E-state index contributed by atoms with van der Waals surface area (Å²) in [7, 11) is 1.29. The van der Waals surface area contributed by atoms with Crippen LogP contribution in [0.25, 0.3) is 0 Å². The normalized spacial score (nSPS) is 16.7. The topological polar surface area (TPSA) is 150 Å². The molecule has 2 aromatic rings. The lowest BCUT2D eigenvalue weighted by atomic mass is 9.77. The van der Waals surface area contributed by atoms with Gasteiger partial charge in [-0.3, -0.25) is 9.59 Å². The molecule has 0 saturated heterocycles. The van der Waals surface area contributed by atoms with E-state index in [9.17, 15) is 19.6 Å².